The van der Waals surface area contributed by atoms with Gasteiger partial charge in [-0.25, -0.2) is 14.2 Å². The van der Waals surface area contributed by atoms with Crippen LogP contribution in [-0.4, -0.2) is 15.5 Å². The minimum Gasteiger partial charge on any atom is -0.423 e. The van der Waals surface area contributed by atoms with E-state index in [0.717, 1.165) is 37.6 Å². The first-order valence-electron chi connectivity index (χ1n) is 8.63. The molecule has 3 aromatic rings. The second kappa shape index (κ2) is 6.71. The van der Waals surface area contributed by atoms with Crippen molar-refractivity contribution in [3.05, 3.63) is 70.0 Å². The molecule has 0 saturated heterocycles. The van der Waals surface area contributed by atoms with Gasteiger partial charge in [-0.2, -0.15) is 0 Å². The summed E-state index contributed by atoms with van der Waals surface area (Å²) in [5.74, 6) is -0.207. The topological polar surface area (TPSA) is 61.2 Å². The first-order chi connectivity index (χ1) is 12.6. The molecule has 0 spiro atoms. The Balaban J connectivity index is 1.71. The second-order valence-electron chi connectivity index (χ2n) is 6.37. The van der Waals surface area contributed by atoms with E-state index in [1.807, 2.05) is 0 Å². The average molecular weight is 352 g/mol. The summed E-state index contributed by atoms with van der Waals surface area (Å²) < 4.78 is 20.2. The Bertz CT molecular complexity index is 1060. The molecule has 1 aromatic heterocycles. The monoisotopic (exact) mass is 352 g/mol. The van der Waals surface area contributed by atoms with Gasteiger partial charge in [-0.3, -0.25) is 9.36 Å². The summed E-state index contributed by atoms with van der Waals surface area (Å²) in [5.41, 5.74) is 0.682. The van der Waals surface area contributed by atoms with Crippen molar-refractivity contribution in [2.24, 2.45) is 0 Å². The van der Waals surface area contributed by atoms with Gasteiger partial charge in [-0.05, 0) is 43.2 Å². The number of aromatic nitrogens is 2. The molecular weight excluding hydrogens is 335 g/mol. The summed E-state index contributed by atoms with van der Waals surface area (Å²) in [4.78, 5) is 29.6. The van der Waals surface area contributed by atoms with Gasteiger partial charge in [0.2, 0.25) is 0 Å². The molecule has 132 valence electrons. The highest BCUT2D eigenvalue weighted by atomic mass is 19.1. The number of carbonyl (C=O) groups excluding carboxylic acids is 1. The van der Waals surface area contributed by atoms with E-state index < -0.39 is 11.8 Å². The zero-order valence-corrected chi connectivity index (χ0v) is 14.1. The molecule has 4 rings (SSSR count). The van der Waals surface area contributed by atoms with Gasteiger partial charge in [-0.1, -0.05) is 12.5 Å². The number of fused-ring (bicyclic) bond motifs is 2. The number of halogens is 1. The maximum Gasteiger partial charge on any atom is 0.343 e. The minimum atomic E-state index is -0.616. The summed E-state index contributed by atoms with van der Waals surface area (Å²) in [6.07, 6.45) is 3.80. The maximum absolute atomic E-state index is 13.2. The molecule has 6 heteroatoms. The fourth-order valence-electron chi connectivity index (χ4n) is 3.24. The molecule has 0 N–H and O–H groups in total. The minimum absolute atomic E-state index is 0.0723. The third-order valence-corrected chi connectivity index (χ3v) is 4.56. The van der Waals surface area contributed by atoms with Crippen molar-refractivity contribution in [1.82, 2.24) is 9.55 Å². The molecule has 0 atom stereocenters. The first kappa shape index (κ1) is 16.4. The van der Waals surface area contributed by atoms with E-state index in [4.69, 9.17) is 4.74 Å². The van der Waals surface area contributed by atoms with Crippen molar-refractivity contribution in [2.45, 2.75) is 32.2 Å². The highest BCUT2D eigenvalue weighted by Crippen LogP contribution is 2.18. The Labute approximate surface area is 149 Å². The summed E-state index contributed by atoms with van der Waals surface area (Å²) >= 11 is 0. The predicted octanol–water partition coefficient (Wildman–Crippen LogP) is 3.48. The lowest BCUT2D eigenvalue weighted by Crippen LogP contribution is -2.24. The number of nitrogens with zero attached hydrogens (tertiary/aromatic N) is 2. The number of rotatable bonds is 2. The molecule has 0 bridgehead atoms. The van der Waals surface area contributed by atoms with Crippen LogP contribution in [0.15, 0.2) is 47.3 Å². The van der Waals surface area contributed by atoms with Crippen molar-refractivity contribution in [1.29, 1.82) is 0 Å². The van der Waals surface area contributed by atoms with Crippen LogP contribution >= 0.6 is 0 Å². The van der Waals surface area contributed by atoms with E-state index in [1.54, 1.807) is 16.7 Å². The van der Waals surface area contributed by atoms with E-state index in [1.165, 1.54) is 24.3 Å². The van der Waals surface area contributed by atoms with Gasteiger partial charge in [0.15, 0.2) is 0 Å². The van der Waals surface area contributed by atoms with Crippen LogP contribution < -0.4 is 10.3 Å². The van der Waals surface area contributed by atoms with Gasteiger partial charge in [-0.15, -0.1) is 0 Å². The number of esters is 1. The van der Waals surface area contributed by atoms with E-state index in [9.17, 15) is 14.0 Å². The fourth-order valence-corrected chi connectivity index (χ4v) is 3.24. The highest BCUT2D eigenvalue weighted by molar-refractivity contribution is 5.95. The van der Waals surface area contributed by atoms with Gasteiger partial charge in [0.05, 0.1) is 16.5 Å². The summed E-state index contributed by atoms with van der Waals surface area (Å²) in [6.45, 7) is 0.681. The van der Waals surface area contributed by atoms with Crippen LogP contribution in [0.1, 0.15) is 35.4 Å². The van der Waals surface area contributed by atoms with Gasteiger partial charge in [0.1, 0.15) is 17.4 Å². The van der Waals surface area contributed by atoms with Crippen LogP contribution in [0.2, 0.25) is 0 Å². The quantitative estimate of drug-likeness (QED) is 0.523. The largest absolute Gasteiger partial charge is 0.423 e. The molecule has 0 saturated carbocycles. The zero-order chi connectivity index (χ0) is 18.1. The van der Waals surface area contributed by atoms with Crippen molar-refractivity contribution in [3.63, 3.8) is 0 Å². The smallest absolute Gasteiger partial charge is 0.343 e. The van der Waals surface area contributed by atoms with Gasteiger partial charge >= 0.3 is 5.97 Å². The highest BCUT2D eigenvalue weighted by Gasteiger charge is 2.16. The molecule has 0 radical (unpaired) electrons. The number of aryl methyl sites for hydroxylation is 1. The molecule has 26 heavy (non-hydrogen) atoms. The third kappa shape index (κ3) is 3.10. The molecule has 2 aromatic carbocycles. The average Bonchev–Trinajstić information content (AvgIpc) is 2.87. The lowest BCUT2D eigenvalue weighted by Gasteiger charge is -2.11. The molecule has 2 heterocycles. The molecular formula is C20H17FN2O3. The number of carbonyl (C=O) groups is 1. The number of hydrogen-bond donors (Lipinski definition) is 0. The Kier molecular flexibility index (Phi) is 4.24. The molecule has 1 aliphatic rings. The van der Waals surface area contributed by atoms with Gasteiger partial charge < -0.3 is 4.74 Å². The SMILES string of the molecule is O=C(Oc1cccc(F)c1)c1ccc2c(=O)n3c(nc2c1)CCCCC3. The normalized spacial score (nSPS) is 13.9. The van der Waals surface area contributed by atoms with Crippen molar-refractivity contribution in [2.75, 3.05) is 0 Å². The van der Waals surface area contributed by atoms with Gasteiger partial charge in [0.25, 0.3) is 5.56 Å². The zero-order valence-electron chi connectivity index (χ0n) is 14.1. The van der Waals surface area contributed by atoms with Crippen molar-refractivity contribution >= 4 is 16.9 Å². The molecule has 0 unspecified atom stereocenters. The Hall–Kier alpha value is -3.02. The predicted molar refractivity (Wildman–Crippen MR) is 94.9 cm³/mol. The second-order valence-corrected chi connectivity index (χ2v) is 6.37. The molecule has 0 amide bonds. The lowest BCUT2D eigenvalue weighted by atomic mass is 10.1. The van der Waals surface area contributed by atoms with E-state index in [0.29, 0.717) is 17.4 Å². The van der Waals surface area contributed by atoms with Crippen molar-refractivity contribution in [3.8, 4) is 5.75 Å². The summed E-state index contributed by atoms with van der Waals surface area (Å²) in [5, 5.41) is 0.484. The first-order valence-corrected chi connectivity index (χ1v) is 8.63. The van der Waals surface area contributed by atoms with Crippen LogP contribution in [0.4, 0.5) is 4.39 Å². The summed E-state index contributed by atoms with van der Waals surface area (Å²) in [6, 6.07) is 10.1. The summed E-state index contributed by atoms with van der Waals surface area (Å²) in [7, 11) is 0. The molecule has 1 aliphatic heterocycles. The van der Waals surface area contributed by atoms with E-state index in [2.05, 4.69) is 4.98 Å². The molecule has 0 fully saturated rings. The standard InChI is InChI=1S/C20H17FN2O3/c21-14-5-4-6-15(12-14)26-20(25)13-8-9-16-17(11-13)22-18-7-2-1-3-10-23(18)19(16)24/h4-6,8-9,11-12H,1-3,7,10H2. The Morgan fingerprint density at radius 3 is 2.85 bits per heavy atom. The van der Waals surface area contributed by atoms with E-state index >= 15 is 0 Å². The van der Waals surface area contributed by atoms with Crippen molar-refractivity contribution < 1.29 is 13.9 Å². The number of ether oxygens (including phenoxy) is 1. The fraction of sp³-hybridized carbons (Fsp3) is 0.250. The van der Waals surface area contributed by atoms with Crippen LogP contribution in [0, 0.1) is 5.82 Å². The molecule has 5 nitrogen and oxygen atoms in total. The number of hydrogen-bond acceptors (Lipinski definition) is 4. The maximum atomic E-state index is 13.2. The van der Waals surface area contributed by atoms with Gasteiger partial charge in [0, 0.05) is 19.0 Å². The van der Waals surface area contributed by atoms with Crippen LogP contribution in [0.25, 0.3) is 10.9 Å². The lowest BCUT2D eigenvalue weighted by molar-refractivity contribution is 0.0734. The van der Waals surface area contributed by atoms with E-state index in [-0.39, 0.29) is 16.9 Å². The van der Waals surface area contributed by atoms with Crippen LogP contribution in [0.5, 0.6) is 5.75 Å². The van der Waals surface area contributed by atoms with Crippen LogP contribution in [0.3, 0.4) is 0 Å². The third-order valence-electron chi connectivity index (χ3n) is 4.56. The Morgan fingerprint density at radius 2 is 2.00 bits per heavy atom. The van der Waals surface area contributed by atoms with Crippen LogP contribution in [-0.2, 0) is 13.0 Å². The number of benzene rings is 2. The Morgan fingerprint density at radius 1 is 1.12 bits per heavy atom. The molecule has 0 aliphatic carbocycles.